The number of aromatic nitrogens is 3. The Labute approximate surface area is 112 Å². The van der Waals surface area contributed by atoms with Crippen LogP contribution in [0.25, 0.3) is 0 Å². The van der Waals surface area contributed by atoms with E-state index < -0.39 is 12.2 Å². The van der Waals surface area contributed by atoms with Gasteiger partial charge >= 0.3 is 6.18 Å². The molecule has 6 nitrogen and oxygen atoms in total. The van der Waals surface area contributed by atoms with Crippen LogP contribution in [-0.2, 0) is 4.74 Å². The lowest BCUT2D eigenvalue weighted by molar-refractivity contribution is -0.138. The van der Waals surface area contributed by atoms with Crippen LogP contribution in [0.1, 0.15) is 6.92 Å². The van der Waals surface area contributed by atoms with Gasteiger partial charge in [-0.15, -0.1) is 0 Å². The van der Waals surface area contributed by atoms with Gasteiger partial charge in [0.1, 0.15) is 6.04 Å². The predicted molar refractivity (Wildman–Crippen MR) is 64.3 cm³/mol. The summed E-state index contributed by atoms with van der Waals surface area (Å²) in [5.41, 5.74) is 0. The van der Waals surface area contributed by atoms with E-state index in [4.69, 9.17) is 16.3 Å². The van der Waals surface area contributed by atoms with Gasteiger partial charge in [0, 0.05) is 13.7 Å². The van der Waals surface area contributed by atoms with Crippen LogP contribution in [0.4, 0.5) is 25.1 Å². The van der Waals surface area contributed by atoms with E-state index in [-0.39, 0.29) is 17.2 Å². The Morgan fingerprint density at radius 3 is 2.47 bits per heavy atom. The highest BCUT2D eigenvalue weighted by molar-refractivity contribution is 6.28. The summed E-state index contributed by atoms with van der Waals surface area (Å²) < 4.78 is 42.0. The highest BCUT2D eigenvalue weighted by Gasteiger charge is 2.36. The molecule has 0 aliphatic heterocycles. The molecule has 10 heteroatoms. The van der Waals surface area contributed by atoms with E-state index in [1.165, 1.54) is 7.11 Å². The third kappa shape index (κ3) is 5.43. The zero-order valence-electron chi connectivity index (χ0n) is 10.3. The molecule has 0 unspecified atom stereocenters. The minimum atomic E-state index is -4.40. The molecule has 0 spiro atoms. The SMILES string of the molecule is COCCNc1nc(Cl)nc(N[C@H](C)C(F)(F)F)n1. The molecule has 1 aromatic heterocycles. The lowest BCUT2D eigenvalue weighted by Crippen LogP contribution is -2.34. The van der Waals surface area contributed by atoms with Crippen molar-refractivity contribution in [2.75, 3.05) is 30.9 Å². The highest BCUT2D eigenvalue weighted by Crippen LogP contribution is 2.22. The fourth-order valence-corrected chi connectivity index (χ4v) is 1.19. The van der Waals surface area contributed by atoms with Gasteiger partial charge in [-0.05, 0) is 18.5 Å². The molecule has 0 aromatic carbocycles. The molecule has 0 fully saturated rings. The van der Waals surface area contributed by atoms with Crippen LogP contribution in [0.2, 0.25) is 5.28 Å². The fourth-order valence-electron chi connectivity index (χ4n) is 1.03. The molecule has 1 rings (SSSR count). The number of rotatable bonds is 6. The Morgan fingerprint density at radius 2 is 1.89 bits per heavy atom. The number of hydrogen-bond donors (Lipinski definition) is 2. The maximum Gasteiger partial charge on any atom is 0.408 e. The Hall–Kier alpha value is -1.35. The summed E-state index contributed by atoms with van der Waals surface area (Å²) in [5.74, 6) is -0.168. The number of nitrogens with zero attached hydrogens (tertiary/aromatic N) is 3. The fraction of sp³-hybridized carbons (Fsp3) is 0.667. The van der Waals surface area contributed by atoms with Gasteiger partial charge in [-0.25, -0.2) is 0 Å². The summed E-state index contributed by atoms with van der Waals surface area (Å²) in [5, 5.41) is 4.65. The summed E-state index contributed by atoms with van der Waals surface area (Å²) in [6, 6.07) is -1.79. The third-order valence-electron chi connectivity index (χ3n) is 2.03. The van der Waals surface area contributed by atoms with Gasteiger partial charge in [-0.1, -0.05) is 0 Å². The van der Waals surface area contributed by atoms with Crippen molar-refractivity contribution in [1.29, 1.82) is 0 Å². The lowest BCUT2D eigenvalue weighted by atomic mass is 10.3. The third-order valence-corrected chi connectivity index (χ3v) is 2.20. The van der Waals surface area contributed by atoms with E-state index in [1.807, 2.05) is 0 Å². The number of halogens is 4. The first-order valence-electron chi connectivity index (χ1n) is 5.30. The molecule has 0 aliphatic rings. The van der Waals surface area contributed by atoms with E-state index in [0.717, 1.165) is 6.92 Å². The van der Waals surface area contributed by atoms with E-state index >= 15 is 0 Å². The van der Waals surface area contributed by atoms with Crippen LogP contribution < -0.4 is 10.6 Å². The Kier molecular flexibility index (Phi) is 5.55. The van der Waals surface area contributed by atoms with Crippen molar-refractivity contribution in [3.63, 3.8) is 0 Å². The number of ether oxygens (including phenoxy) is 1. The van der Waals surface area contributed by atoms with Crippen LogP contribution in [0, 0.1) is 0 Å². The molecule has 0 aliphatic carbocycles. The minimum Gasteiger partial charge on any atom is -0.383 e. The summed E-state index contributed by atoms with van der Waals surface area (Å²) >= 11 is 5.61. The van der Waals surface area contributed by atoms with Crippen molar-refractivity contribution >= 4 is 23.5 Å². The first-order valence-corrected chi connectivity index (χ1v) is 5.68. The normalized spacial score (nSPS) is 13.2. The van der Waals surface area contributed by atoms with Crippen molar-refractivity contribution in [3.8, 4) is 0 Å². The van der Waals surface area contributed by atoms with Gasteiger partial charge in [-0.2, -0.15) is 28.1 Å². The summed E-state index contributed by atoms with van der Waals surface area (Å²) in [7, 11) is 1.51. The molecule has 0 saturated carbocycles. The van der Waals surface area contributed by atoms with Crippen molar-refractivity contribution < 1.29 is 17.9 Å². The molecule has 1 aromatic rings. The Bertz CT molecular complexity index is 417. The molecule has 0 radical (unpaired) electrons. The molecule has 1 atom stereocenters. The van der Waals surface area contributed by atoms with Gasteiger partial charge in [0.15, 0.2) is 0 Å². The van der Waals surface area contributed by atoms with Gasteiger partial charge in [0.25, 0.3) is 0 Å². The zero-order valence-corrected chi connectivity index (χ0v) is 11.0. The Morgan fingerprint density at radius 1 is 1.26 bits per heavy atom. The molecular weight excluding hydrogens is 287 g/mol. The number of anilines is 2. The van der Waals surface area contributed by atoms with Crippen molar-refractivity contribution in [2.24, 2.45) is 0 Å². The smallest absolute Gasteiger partial charge is 0.383 e. The largest absolute Gasteiger partial charge is 0.408 e. The van der Waals surface area contributed by atoms with Crippen LogP contribution in [0.5, 0.6) is 0 Å². The molecule has 0 bridgehead atoms. The average molecular weight is 300 g/mol. The second-order valence-corrected chi connectivity index (χ2v) is 3.92. The van der Waals surface area contributed by atoms with Crippen molar-refractivity contribution in [3.05, 3.63) is 5.28 Å². The van der Waals surface area contributed by atoms with E-state index in [2.05, 4.69) is 25.6 Å². The number of alkyl halides is 3. The number of hydrogen-bond acceptors (Lipinski definition) is 6. The van der Waals surface area contributed by atoms with Gasteiger partial charge in [0.2, 0.25) is 17.2 Å². The molecular formula is C9H13ClF3N5O. The van der Waals surface area contributed by atoms with Gasteiger partial charge in [0.05, 0.1) is 6.61 Å². The maximum absolute atomic E-state index is 12.4. The van der Waals surface area contributed by atoms with E-state index in [1.54, 1.807) is 0 Å². The van der Waals surface area contributed by atoms with Gasteiger partial charge in [-0.3, -0.25) is 0 Å². The monoisotopic (exact) mass is 299 g/mol. The highest BCUT2D eigenvalue weighted by atomic mass is 35.5. The summed E-state index contributed by atoms with van der Waals surface area (Å²) in [6.07, 6.45) is -4.40. The van der Waals surface area contributed by atoms with Gasteiger partial charge < -0.3 is 15.4 Å². The molecule has 108 valence electrons. The zero-order chi connectivity index (χ0) is 14.5. The van der Waals surface area contributed by atoms with E-state index in [9.17, 15) is 13.2 Å². The standard InChI is InChI=1S/C9H13ClF3N5O/c1-5(9(11,12)13)15-8-17-6(10)16-7(18-8)14-3-4-19-2/h5H,3-4H2,1-2H3,(H2,14,15,16,17,18)/t5-/m1/s1. The quantitative estimate of drug-likeness (QED) is 0.782. The van der Waals surface area contributed by atoms with Crippen molar-refractivity contribution in [2.45, 2.75) is 19.1 Å². The minimum absolute atomic E-state index is 0.0777. The average Bonchev–Trinajstić information content (AvgIpc) is 2.27. The molecule has 0 saturated heterocycles. The first kappa shape index (κ1) is 15.7. The second-order valence-electron chi connectivity index (χ2n) is 3.58. The number of methoxy groups -OCH3 is 1. The predicted octanol–water partition coefficient (Wildman–Crippen LogP) is 1.95. The van der Waals surface area contributed by atoms with Crippen LogP contribution in [0.3, 0.4) is 0 Å². The first-order chi connectivity index (χ1) is 8.82. The summed E-state index contributed by atoms with van der Waals surface area (Å²) in [4.78, 5) is 11.1. The summed E-state index contributed by atoms with van der Waals surface area (Å²) in [6.45, 7) is 1.74. The topological polar surface area (TPSA) is 72.0 Å². The van der Waals surface area contributed by atoms with Crippen LogP contribution in [0.15, 0.2) is 0 Å². The lowest BCUT2D eigenvalue weighted by Gasteiger charge is -2.17. The molecule has 19 heavy (non-hydrogen) atoms. The van der Waals surface area contributed by atoms with E-state index in [0.29, 0.717) is 13.2 Å². The van der Waals surface area contributed by atoms with Crippen molar-refractivity contribution in [1.82, 2.24) is 15.0 Å². The molecule has 0 amide bonds. The second kappa shape index (κ2) is 6.71. The number of nitrogens with one attached hydrogen (secondary N) is 2. The maximum atomic E-state index is 12.4. The van der Waals surface area contributed by atoms with Crippen LogP contribution >= 0.6 is 11.6 Å². The molecule has 1 heterocycles. The Balaban J connectivity index is 2.73. The molecule has 2 N–H and O–H groups in total. The van der Waals surface area contributed by atoms with Crippen LogP contribution in [-0.4, -0.2) is 47.4 Å².